The molecule has 0 aromatic heterocycles. The molecule has 0 saturated carbocycles. The summed E-state index contributed by atoms with van der Waals surface area (Å²) in [6.45, 7) is 8.74. The minimum atomic E-state index is -1.67. The molecule has 1 aliphatic heterocycles. The summed E-state index contributed by atoms with van der Waals surface area (Å²) < 4.78 is 0. The van der Waals surface area contributed by atoms with E-state index in [0.29, 0.717) is 18.6 Å². The molecular weight excluding hydrogens is 755 g/mol. The number of aliphatic hydroxyl groups is 1. The van der Waals surface area contributed by atoms with Crippen LogP contribution < -0.4 is 43.8 Å². The van der Waals surface area contributed by atoms with Crippen molar-refractivity contribution in [1.29, 1.82) is 0 Å². The van der Waals surface area contributed by atoms with Crippen LogP contribution in [0.15, 0.2) is 0 Å². The number of nitrogens with two attached hydrogens (primary N) is 3. The van der Waals surface area contributed by atoms with Gasteiger partial charge in [0, 0.05) is 13.0 Å². The number of carbonyl (C=O) groups is 9. The Morgan fingerprint density at radius 1 is 0.732 bits per heavy atom. The summed E-state index contributed by atoms with van der Waals surface area (Å²) in [5.74, 6) is -7.62. The average molecular weight is 816 g/mol. The summed E-state index contributed by atoms with van der Waals surface area (Å²) in [6.07, 6.45) is 0.0576. The summed E-state index contributed by atoms with van der Waals surface area (Å²) in [5.41, 5.74) is 16.5. The van der Waals surface area contributed by atoms with Gasteiger partial charge in [-0.2, -0.15) is 11.8 Å². The number of aliphatic carboxylic acids is 1. The Labute approximate surface area is 331 Å². The van der Waals surface area contributed by atoms with Gasteiger partial charge in [0.25, 0.3) is 0 Å². The molecule has 0 radical (unpaired) electrons. The van der Waals surface area contributed by atoms with E-state index in [4.69, 9.17) is 17.2 Å². The highest BCUT2D eigenvalue weighted by Gasteiger charge is 2.41. The first-order chi connectivity index (χ1) is 26.1. The van der Waals surface area contributed by atoms with E-state index in [1.807, 2.05) is 27.7 Å². The van der Waals surface area contributed by atoms with Crippen LogP contribution in [0.2, 0.25) is 0 Å². The van der Waals surface area contributed by atoms with Gasteiger partial charge in [-0.25, -0.2) is 4.79 Å². The second-order valence-corrected chi connectivity index (χ2v) is 15.8. The normalized spacial score (nSPS) is 17.8. The van der Waals surface area contributed by atoms with E-state index < -0.39 is 108 Å². The fourth-order valence-electron chi connectivity index (χ4n) is 6.01. The third kappa shape index (κ3) is 17.1. The van der Waals surface area contributed by atoms with Crippen molar-refractivity contribution in [2.45, 2.75) is 134 Å². The number of nitrogens with zero attached hydrogens (tertiary/aromatic N) is 1. The molecule has 8 amide bonds. The minimum Gasteiger partial charge on any atom is -0.480 e. The quantitative estimate of drug-likeness (QED) is 0.0445. The van der Waals surface area contributed by atoms with E-state index in [2.05, 4.69) is 26.6 Å². The Bertz CT molecular complexity index is 1410. The maximum atomic E-state index is 14.0. The number of nitrogens with one attached hydrogen (secondary N) is 5. The summed E-state index contributed by atoms with van der Waals surface area (Å²) >= 11 is 1.32. The number of likely N-dealkylation sites (tertiary alicyclic amines) is 1. The lowest BCUT2D eigenvalue weighted by Crippen LogP contribution is -2.61. The molecular formula is C35H61N9O11S. The molecule has 13 N–H and O–H groups in total. The molecule has 1 aliphatic rings. The van der Waals surface area contributed by atoms with Gasteiger partial charge in [-0.3, -0.25) is 38.4 Å². The van der Waals surface area contributed by atoms with Gasteiger partial charge in [0.05, 0.1) is 18.6 Å². The van der Waals surface area contributed by atoms with Crippen LogP contribution in [0.1, 0.15) is 86.0 Å². The number of carboxylic acids is 1. The molecule has 1 saturated heterocycles. The van der Waals surface area contributed by atoms with Crippen LogP contribution in [0.5, 0.6) is 0 Å². The van der Waals surface area contributed by atoms with Gasteiger partial charge in [0.2, 0.25) is 47.3 Å². The van der Waals surface area contributed by atoms with Gasteiger partial charge in [0.1, 0.15) is 36.3 Å². The van der Waals surface area contributed by atoms with Crippen LogP contribution in [-0.4, -0.2) is 135 Å². The minimum absolute atomic E-state index is 0.0118. The molecule has 318 valence electrons. The van der Waals surface area contributed by atoms with Crippen molar-refractivity contribution in [3.05, 3.63) is 0 Å². The largest absolute Gasteiger partial charge is 0.480 e. The predicted octanol–water partition coefficient (Wildman–Crippen LogP) is -2.82. The number of carboxylic acid groups (broad SMARTS) is 1. The molecule has 0 aromatic rings. The molecule has 0 aromatic carbocycles. The lowest BCUT2D eigenvalue weighted by Gasteiger charge is -2.31. The highest BCUT2D eigenvalue weighted by Crippen LogP contribution is 2.21. The van der Waals surface area contributed by atoms with Gasteiger partial charge >= 0.3 is 5.97 Å². The van der Waals surface area contributed by atoms with Gasteiger partial charge < -0.3 is 58.9 Å². The zero-order valence-corrected chi connectivity index (χ0v) is 33.8. The smallest absolute Gasteiger partial charge is 0.326 e. The number of primary amides is 2. The molecule has 0 aliphatic carbocycles. The standard InChI is InChI=1S/C35H61N9O11S/c1-17(2)14-20(36)29(48)41-23(15-18(3)4)31(50)40-22(9-10-26(37)46)34(53)44-12-7-8-25(44)32(51)43-28(19(5)45)33(52)39-21(11-13-56-6)30(49)42-24(35(54)55)16-27(38)47/h17-25,28,45H,7-16,36H2,1-6H3,(H2,37,46)(H2,38,47)(H,39,52)(H,40,50)(H,41,48)(H,42,49)(H,43,51)(H,54,55)/t19-,20+,21+,22+,23+,24+,25+,28+/m1/s1. The molecule has 0 unspecified atom stereocenters. The Hall–Kier alpha value is -4.50. The van der Waals surface area contributed by atoms with Gasteiger partial charge in [-0.1, -0.05) is 27.7 Å². The number of rotatable bonds is 25. The van der Waals surface area contributed by atoms with Crippen LogP contribution in [0, 0.1) is 11.8 Å². The van der Waals surface area contributed by atoms with Crippen molar-refractivity contribution >= 4 is 65.0 Å². The highest BCUT2D eigenvalue weighted by atomic mass is 32.2. The van der Waals surface area contributed by atoms with Crippen LogP contribution >= 0.6 is 11.8 Å². The van der Waals surface area contributed by atoms with Crippen molar-refractivity contribution in [3.63, 3.8) is 0 Å². The fraction of sp³-hybridized carbons (Fsp3) is 0.743. The summed E-state index contributed by atoms with van der Waals surface area (Å²) in [5, 5.41) is 32.3. The summed E-state index contributed by atoms with van der Waals surface area (Å²) in [6, 6.07) is -9.11. The number of carbonyl (C=O) groups excluding carboxylic acids is 8. The lowest BCUT2D eigenvalue weighted by atomic mass is 10.00. The van der Waals surface area contributed by atoms with E-state index in [9.17, 15) is 53.4 Å². The lowest BCUT2D eigenvalue weighted by molar-refractivity contribution is -0.144. The number of hydrogen-bond acceptors (Lipinski definition) is 12. The van der Waals surface area contributed by atoms with Crippen LogP contribution in [0.3, 0.4) is 0 Å². The third-order valence-electron chi connectivity index (χ3n) is 8.86. The predicted molar refractivity (Wildman–Crippen MR) is 206 cm³/mol. The number of aliphatic hydroxyl groups excluding tert-OH is 1. The van der Waals surface area contributed by atoms with Crippen LogP contribution in [-0.2, 0) is 43.2 Å². The monoisotopic (exact) mass is 815 g/mol. The Balaban J connectivity index is 3.26. The van der Waals surface area contributed by atoms with Crippen molar-refractivity contribution in [1.82, 2.24) is 31.5 Å². The molecule has 1 heterocycles. The average Bonchev–Trinajstić information content (AvgIpc) is 3.58. The van der Waals surface area contributed by atoms with E-state index in [1.54, 1.807) is 6.26 Å². The first kappa shape index (κ1) is 49.5. The van der Waals surface area contributed by atoms with Gasteiger partial charge in [-0.15, -0.1) is 0 Å². The first-order valence-electron chi connectivity index (χ1n) is 18.6. The van der Waals surface area contributed by atoms with E-state index in [0.717, 1.165) is 0 Å². The van der Waals surface area contributed by atoms with E-state index >= 15 is 0 Å². The highest BCUT2D eigenvalue weighted by molar-refractivity contribution is 7.98. The molecule has 1 fully saturated rings. The molecule has 21 heteroatoms. The molecule has 20 nitrogen and oxygen atoms in total. The first-order valence-corrected chi connectivity index (χ1v) is 20.0. The van der Waals surface area contributed by atoms with E-state index in [-0.39, 0.29) is 50.5 Å². The second-order valence-electron chi connectivity index (χ2n) is 14.8. The number of amides is 8. The van der Waals surface area contributed by atoms with Crippen molar-refractivity contribution < 1.29 is 53.4 Å². The van der Waals surface area contributed by atoms with E-state index in [1.165, 1.54) is 23.6 Å². The molecule has 1 rings (SSSR count). The van der Waals surface area contributed by atoms with Crippen molar-refractivity contribution in [2.75, 3.05) is 18.6 Å². The zero-order valence-electron chi connectivity index (χ0n) is 33.0. The summed E-state index contributed by atoms with van der Waals surface area (Å²) in [7, 11) is 0. The van der Waals surface area contributed by atoms with Crippen LogP contribution in [0.25, 0.3) is 0 Å². The number of hydrogen-bond donors (Lipinski definition) is 10. The maximum Gasteiger partial charge on any atom is 0.326 e. The van der Waals surface area contributed by atoms with Crippen molar-refractivity contribution in [2.24, 2.45) is 29.0 Å². The van der Waals surface area contributed by atoms with Gasteiger partial charge in [-0.05, 0) is 69.3 Å². The Morgan fingerprint density at radius 2 is 1.29 bits per heavy atom. The van der Waals surface area contributed by atoms with Gasteiger partial charge in [0.15, 0.2) is 0 Å². The maximum absolute atomic E-state index is 14.0. The topological polar surface area (TPSA) is 336 Å². The Kier molecular flexibility index (Phi) is 21.4. The molecule has 56 heavy (non-hydrogen) atoms. The zero-order chi connectivity index (χ0) is 42.9. The Morgan fingerprint density at radius 3 is 1.80 bits per heavy atom. The number of thioether (sulfide) groups is 1. The fourth-order valence-corrected chi connectivity index (χ4v) is 6.48. The summed E-state index contributed by atoms with van der Waals surface area (Å²) in [4.78, 5) is 117. The van der Waals surface area contributed by atoms with Crippen LogP contribution in [0.4, 0.5) is 0 Å². The second kappa shape index (κ2) is 24.2. The van der Waals surface area contributed by atoms with Crippen molar-refractivity contribution in [3.8, 4) is 0 Å². The SMILES string of the molecule is CSCC[C@H](NC(=O)[C@@H](NC(=O)[C@@H]1CCCN1C(=O)[C@H](CCC(N)=O)NC(=O)[C@H](CC(C)C)NC(=O)[C@@H](N)CC(C)C)[C@@H](C)O)C(=O)N[C@@H](CC(N)=O)C(=O)O. The third-order valence-corrected chi connectivity index (χ3v) is 9.50. The molecule has 0 bridgehead atoms. The molecule has 8 atom stereocenters. The molecule has 0 spiro atoms.